The predicted octanol–water partition coefficient (Wildman–Crippen LogP) is 2.05. The van der Waals surface area contributed by atoms with E-state index in [4.69, 9.17) is 9.47 Å². The van der Waals surface area contributed by atoms with Crippen LogP contribution in [0, 0.1) is 0 Å². The van der Waals surface area contributed by atoms with Crippen LogP contribution in [0.1, 0.15) is 31.2 Å². The molecule has 2 aliphatic rings. The number of urea groups is 1. The third kappa shape index (κ3) is 5.22. The largest absolute Gasteiger partial charge is 0.497 e. The number of unbranched alkanes of at least 4 members (excludes halogenated alkanes) is 1. The summed E-state index contributed by atoms with van der Waals surface area (Å²) in [6.07, 6.45) is 3.37. The number of benzene rings is 1. The van der Waals surface area contributed by atoms with Gasteiger partial charge in [-0.05, 0) is 30.5 Å². The maximum Gasteiger partial charge on any atom is 0.315 e. The Labute approximate surface area is 163 Å². The van der Waals surface area contributed by atoms with Gasteiger partial charge in [-0.1, -0.05) is 6.42 Å². The molecule has 7 nitrogen and oxygen atoms in total. The number of nitrogens with one attached hydrogen (secondary N) is 3. The lowest BCUT2D eigenvalue weighted by atomic mass is 10.0. The van der Waals surface area contributed by atoms with E-state index in [0.717, 1.165) is 30.6 Å². The van der Waals surface area contributed by atoms with Crippen molar-refractivity contribution in [2.75, 3.05) is 20.0 Å². The number of carbonyl (C=O) groups is 2. The molecule has 2 aliphatic heterocycles. The van der Waals surface area contributed by atoms with E-state index in [9.17, 15) is 9.59 Å². The average Bonchev–Trinajstić information content (AvgIpc) is 3.22. The number of rotatable bonds is 9. The monoisotopic (exact) mass is 393 g/mol. The van der Waals surface area contributed by atoms with Crippen molar-refractivity contribution in [3.8, 4) is 11.5 Å². The Morgan fingerprint density at radius 2 is 1.93 bits per heavy atom. The number of hydrogen-bond acceptors (Lipinski definition) is 5. The van der Waals surface area contributed by atoms with Crippen molar-refractivity contribution in [1.29, 1.82) is 0 Å². The van der Waals surface area contributed by atoms with Crippen molar-refractivity contribution in [2.24, 2.45) is 0 Å². The quantitative estimate of drug-likeness (QED) is 0.441. The topological polar surface area (TPSA) is 88.7 Å². The van der Waals surface area contributed by atoms with E-state index in [1.54, 1.807) is 20.3 Å². The molecule has 1 aromatic rings. The van der Waals surface area contributed by atoms with E-state index in [1.807, 2.05) is 23.9 Å². The molecule has 0 bridgehead atoms. The first-order valence-corrected chi connectivity index (χ1v) is 10.3. The third-order valence-electron chi connectivity index (χ3n) is 4.98. The van der Waals surface area contributed by atoms with E-state index in [0.29, 0.717) is 29.7 Å². The Bertz CT molecular complexity index is 663. The fourth-order valence-corrected chi connectivity index (χ4v) is 5.08. The molecule has 2 fully saturated rings. The molecular formula is C19H27N3O4S. The van der Waals surface area contributed by atoms with Crippen molar-refractivity contribution in [3.63, 3.8) is 0 Å². The minimum atomic E-state index is -0.0520. The van der Waals surface area contributed by atoms with Crippen LogP contribution in [0.2, 0.25) is 0 Å². The molecule has 0 spiro atoms. The summed E-state index contributed by atoms with van der Waals surface area (Å²) in [5.41, 5.74) is 0.942. The van der Waals surface area contributed by atoms with Gasteiger partial charge in [-0.15, -0.1) is 0 Å². The Kier molecular flexibility index (Phi) is 6.71. The first-order valence-electron chi connectivity index (χ1n) is 9.26. The molecule has 8 heteroatoms. The number of amides is 3. The van der Waals surface area contributed by atoms with E-state index in [1.165, 1.54) is 0 Å². The molecule has 2 saturated heterocycles. The number of fused-ring (bicyclic) bond motifs is 1. The van der Waals surface area contributed by atoms with E-state index < -0.39 is 0 Å². The van der Waals surface area contributed by atoms with Crippen molar-refractivity contribution >= 4 is 23.7 Å². The molecule has 0 saturated carbocycles. The zero-order valence-corrected chi connectivity index (χ0v) is 16.6. The SMILES string of the molecule is COc1cc(CNC(=O)CCCC[C@@H]2SC[C@@H]3NC(=O)N[C@@H]32)cc(OC)c1. The van der Waals surface area contributed by atoms with Crippen molar-refractivity contribution < 1.29 is 19.1 Å². The second-order valence-corrected chi connectivity index (χ2v) is 8.14. The summed E-state index contributed by atoms with van der Waals surface area (Å²) in [6.45, 7) is 0.451. The standard InChI is InChI=1S/C19H27N3O4S/c1-25-13-7-12(8-14(9-13)26-2)10-20-17(23)6-4-3-5-16-18-15(11-27-16)21-19(24)22-18/h7-9,15-16,18H,3-6,10-11H2,1-2H3,(H,20,23)(H2,21,22,24)/t15-,16-,18-/m0/s1. The summed E-state index contributed by atoms with van der Waals surface area (Å²) in [5, 5.41) is 9.35. The minimum Gasteiger partial charge on any atom is -0.497 e. The van der Waals surface area contributed by atoms with Crippen molar-refractivity contribution in [1.82, 2.24) is 16.0 Å². The Balaban J connectivity index is 1.35. The summed E-state index contributed by atoms with van der Waals surface area (Å²) in [4.78, 5) is 23.5. The van der Waals surface area contributed by atoms with Crippen LogP contribution in [0.5, 0.6) is 11.5 Å². The third-order valence-corrected chi connectivity index (χ3v) is 6.49. The van der Waals surface area contributed by atoms with Gasteiger partial charge >= 0.3 is 6.03 Å². The van der Waals surface area contributed by atoms with Crippen LogP contribution >= 0.6 is 11.8 Å². The van der Waals surface area contributed by atoms with Crippen LogP contribution in [-0.2, 0) is 11.3 Å². The van der Waals surface area contributed by atoms with Gasteiger partial charge in [0.25, 0.3) is 0 Å². The minimum absolute atomic E-state index is 0.0459. The summed E-state index contributed by atoms with van der Waals surface area (Å²) in [5.74, 6) is 2.43. The maximum atomic E-state index is 12.1. The van der Waals surface area contributed by atoms with Crippen LogP contribution < -0.4 is 25.4 Å². The summed E-state index contributed by atoms with van der Waals surface area (Å²) in [7, 11) is 3.21. The number of thioether (sulfide) groups is 1. The molecule has 0 aliphatic carbocycles. The van der Waals surface area contributed by atoms with Crippen LogP contribution in [0.25, 0.3) is 0 Å². The number of ether oxygens (including phenoxy) is 2. The Morgan fingerprint density at radius 3 is 2.63 bits per heavy atom. The number of hydrogen-bond donors (Lipinski definition) is 3. The summed E-state index contributed by atoms with van der Waals surface area (Å²) >= 11 is 1.91. The lowest BCUT2D eigenvalue weighted by molar-refractivity contribution is -0.121. The smallest absolute Gasteiger partial charge is 0.315 e. The van der Waals surface area contributed by atoms with Gasteiger partial charge in [0, 0.05) is 30.0 Å². The fraction of sp³-hybridized carbons (Fsp3) is 0.579. The molecule has 27 heavy (non-hydrogen) atoms. The van der Waals surface area contributed by atoms with Crippen LogP contribution in [0.15, 0.2) is 18.2 Å². The lowest BCUT2D eigenvalue weighted by Gasteiger charge is -2.16. The maximum absolute atomic E-state index is 12.1. The van der Waals surface area contributed by atoms with Gasteiger partial charge < -0.3 is 25.4 Å². The van der Waals surface area contributed by atoms with E-state index >= 15 is 0 Å². The molecule has 1 aromatic carbocycles. The van der Waals surface area contributed by atoms with Crippen LogP contribution in [0.3, 0.4) is 0 Å². The predicted molar refractivity (Wildman–Crippen MR) is 105 cm³/mol. The van der Waals surface area contributed by atoms with E-state index in [2.05, 4.69) is 16.0 Å². The fourth-order valence-electron chi connectivity index (χ4n) is 3.53. The average molecular weight is 394 g/mol. The van der Waals surface area contributed by atoms with Gasteiger partial charge in [-0.2, -0.15) is 11.8 Å². The first kappa shape index (κ1) is 19.7. The zero-order valence-electron chi connectivity index (χ0n) is 15.7. The van der Waals surface area contributed by atoms with Crippen LogP contribution in [-0.4, -0.2) is 49.2 Å². The second-order valence-electron chi connectivity index (χ2n) is 6.87. The van der Waals surface area contributed by atoms with Crippen LogP contribution in [0.4, 0.5) is 4.79 Å². The van der Waals surface area contributed by atoms with E-state index in [-0.39, 0.29) is 24.0 Å². The highest BCUT2D eigenvalue weighted by Gasteiger charge is 2.42. The molecule has 3 N–H and O–H groups in total. The molecule has 0 radical (unpaired) electrons. The van der Waals surface area contributed by atoms with Gasteiger partial charge in [0.1, 0.15) is 11.5 Å². The van der Waals surface area contributed by atoms with Gasteiger partial charge in [-0.3, -0.25) is 4.79 Å². The van der Waals surface area contributed by atoms with Gasteiger partial charge in [0.2, 0.25) is 5.91 Å². The number of carbonyl (C=O) groups excluding carboxylic acids is 2. The molecule has 3 rings (SSSR count). The van der Waals surface area contributed by atoms with Gasteiger partial charge in [0.05, 0.1) is 26.3 Å². The highest BCUT2D eigenvalue weighted by molar-refractivity contribution is 8.00. The molecule has 148 valence electrons. The normalized spacial score (nSPS) is 23.3. The highest BCUT2D eigenvalue weighted by atomic mass is 32.2. The highest BCUT2D eigenvalue weighted by Crippen LogP contribution is 2.33. The van der Waals surface area contributed by atoms with Gasteiger partial charge in [-0.25, -0.2) is 4.79 Å². The zero-order chi connectivity index (χ0) is 19.2. The number of methoxy groups -OCH3 is 2. The molecule has 3 atom stereocenters. The molecule has 0 aromatic heterocycles. The summed E-state index contributed by atoms with van der Waals surface area (Å²) < 4.78 is 10.5. The Hall–Kier alpha value is -2.09. The van der Waals surface area contributed by atoms with Crippen molar-refractivity contribution in [2.45, 2.75) is 49.6 Å². The molecule has 0 unspecified atom stereocenters. The van der Waals surface area contributed by atoms with Crippen molar-refractivity contribution in [3.05, 3.63) is 23.8 Å². The lowest BCUT2D eigenvalue weighted by Crippen LogP contribution is -2.36. The Morgan fingerprint density at radius 1 is 1.19 bits per heavy atom. The first-order chi connectivity index (χ1) is 13.1. The summed E-state index contributed by atoms with van der Waals surface area (Å²) in [6, 6.07) is 6.03. The molecular weight excluding hydrogens is 366 g/mol. The van der Waals surface area contributed by atoms with Gasteiger partial charge in [0.15, 0.2) is 0 Å². The molecule has 2 heterocycles. The second kappa shape index (κ2) is 9.21. The molecule has 3 amide bonds.